The molecule has 6 aromatic rings. The summed E-state index contributed by atoms with van der Waals surface area (Å²) in [5.74, 6) is -1.72. The number of aromatic amines is 1. The summed E-state index contributed by atoms with van der Waals surface area (Å²) in [6.07, 6.45) is 3.47. The lowest BCUT2D eigenvalue weighted by Crippen LogP contribution is -2.28. The van der Waals surface area contributed by atoms with Gasteiger partial charge in [0, 0.05) is 54.2 Å². The van der Waals surface area contributed by atoms with E-state index in [2.05, 4.69) is 24.6 Å². The monoisotopic (exact) mass is 707 g/mol. The fourth-order valence-corrected chi connectivity index (χ4v) is 6.38. The van der Waals surface area contributed by atoms with Crippen molar-refractivity contribution in [2.75, 3.05) is 24.5 Å². The summed E-state index contributed by atoms with van der Waals surface area (Å²) in [6.45, 7) is 1.13. The first-order valence-electron chi connectivity index (χ1n) is 15.8. The fourth-order valence-electron chi connectivity index (χ4n) is 5.31. The normalized spacial score (nSPS) is 11.4. The molecular weight excluding hydrogens is 675 g/mol. The van der Waals surface area contributed by atoms with E-state index >= 15 is 0 Å². The predicted molar refractivity (Wildman–Crippen MR) is 189 cm³/mol. The van der Waals surface area contributed by atoms with Crippen molar-refractivity contribution in [2.45, 2.75) is 18.0 Å². The molecule has 0 spiro atoms. The molecule has 0 bridgehead atoms. The topological polar surface area (TPSA) is 184 Å². The smallest absolute Gasteiger partial charge is 0.341 e. The molecule has 14 heteroatoms. The zero-order valence-electron chi connectivity index (χ0n) is 27.1. The average molecular weight is 708 g/mol. The summed E-state index contributed by atoms with van der Waals surface area (Å²) in [5, 5.41) is 19.1. The number of hydrogen-bond acceptors (Lipinski definition) is 9. The summed E-state index contributed by atoms with van der Waals surface area (Å²) in [7, 11) is -4.11. The minimum atomic E-state index is -4.11. The molecule has 260 valence electrons. The highest BCUT2D eigenvalue weighted by atomic mass is 32.2. The van der Waals surface area contributed by atoms with Crippen LogP contribution >= 0.6 is 0 Å². The number of benzene rings is 3. The lowest BCUT2D eigenvalue weighted by atomic mass is 10.1. The maximum Gasteiger partial charge on any atom is 0.341 e. The summed E-state index contributed by atoms with van der Waals surface area (Å²) in [4.78, 5) is 36.6. The predicted octanol–water partition coefficient (Wildman–Crippen LogP) is 5.67. The Morgan fingerprint density at radius 3 is 2.14 bits per heavy atom. The van der Waals surface area contributed by atoms with Crippen molar-refractivity contribution in [2.24, 2.45) is 0 Å². The molecule has 0 atom stereocenters. The Balaban J connectivity index is 1.27. The first-order chi connectivity index (χ1) is 24.6. The molecule has 0 unspecified atom stereocenters. The van der Waals surface area contributed by atoms with E-state index in [1.807, 2.05) is 42.5 Å². The largest absolute Gasteiger partial charge is 0.490 e. The van der Waals surface area contributed by atoms with Gasteiger partial charge in [0.2, 0.25) is 0 Å². The summed E-state index contributed by atoms with van der Waals surface area (Å²) in [6, 6.07) is 28.5. The van der Waals surface area contributed by atoms with Crippen LogP contribution in [0.25, 0.3) is 22.2 Å². The number of carboxylic acids is 2. The van der Waals surface area contributed by atoms with Gasteiger partial charge in [-0.15, -0.1) is 0 Å². The van der Waals surface area contributed by atoms with Crippen LogP contribution in [0.15, 0.2) is 120 Å². The van der Waals surface area contributed by atoms with Crippen LogP contribution < -0.4 is 14.2 Å². The molecule has 0 aliphatic rings. The van der Waals surface area contributed by atoms with Crippen molar-refractivity contribution in [1.82, 2.24) is 19.9 Å². The molecule has 3 aromatic heterocycles. The van der Waals surface area contributed by atoms with E-state index in [1.54, 1.807) is 42.7 Å². The van der Waals surface area contributed by atoms with Crippen LogP contribution in [-0.2, 0) is 27.9 Å². The number of ether oxygens (including phenoxy) is 2. The Labute approximate surface area is 293 Å². The fraction of sp³-hybridized carbons (Fsp3) is 0.135. The lowest BCUT2D eigenvalue weighted by Gasteiger charge is -2.22. The number of anilines is 1. The van der Waals surface area contributed by atoms with Gasteiger partial charge in [-0.3, -0.25) is 19.6 Å². The highest BCUT2D eigenvalue weighted by molar-refractivity contribution is 7.92. The molecule has 0 saturated heterocycles. The number of carboxylic acid groups (broad SMARTS) is 2. The number of fused-ring (bicyclic) bond motifs is 1. The number of nitrogens with zero attached hydrogens (tertiary/aromatic N) is 3. The number of nitrogens with one attached hydrogen (secondary N) is 2. The zero-order valence-corrected chi connectivity index (χ0v) is 27.9. The Morgan fingerprint density at radius 2 is 1.51 bits per heavy atom. The second-order valence-electron chi connectivity index (χ2n) is 11.5. The van der Waals surface area contributed by atoms with E-state index in [4.69, 9.17) is 14.6 Å². The Bertz CT molecular complexity index is 2210. The SMILES string of the molecule is O=C(O)COc1ccc(S(=O)(=O)Nc2ccc(-c3cc4ccc(C(=O)O)cc4[nH]3)cc2OCCN(Cc2ccccn2)Cc2ccccn2)cc1. The second kappa shape index (κ2) is 15.5. The van der Waals surface area contributed by atoms with Gasteiger partial charge < -0.3 is 24.7 Å². The molecule has 13 nitrogen and oxygen atoms in total. The van der Waals surface area contributed by atoms with Crippen LogP contribution in [0.1, 0.15) is 21.7 Å². The van der Waals surface area contributed by atoms with Crippen molar-refractivity contribution in [3.63, 3.8) is 0 Å². The molecular formula is C37H33N5O8S. The third-order valence-electron chi connectivity index (χ3n) is 7.79. The van der Waals surface area contributed by atoms with Gasteiger partial charge in [0.1, 0.15) is 18.1 Å². The maximum absolute atomic E-state index is 13.5. The van der Waals surface area contributed by atoms with Gasteiger partial charge in [0.05, 0.1) is 27.5 Å². The van der Waals surface area contributed by atoms with Crippen LogP contribution in [0.3, 0.4) is 0 Å². The summed E-state index contributed by atoms with van der Waals surface area (Å²) in [5.41, 5.74) is 4.06. The second-order valence-corrected chi connectivity index (χ2v) is 13.1. The van der Waals surface area contributed by atoms with Gasteiger partial charge in [-0.2, -0.15) is 0 Å². The molecule has 6 rings (SSSR count). The standard InChI is InChI=1S/C37H33N5O8S/c43-36(44)24-50-30-10-12-31(13-11-30)51(47,48)41-32-14-9-26(33-19-25-7-8-27(37(45)46)20-34(25)40-33)21-35(32)49-18-17-42(22-28-5-1-3-15-38-28)23-29-6-2-4-16-39-29/h1-16,19-21,40-41H,17-18,22-24H2,(H,43,44)(H,45,46). The highest BCUT2D eigenvalue weighted by Crippen LogP contribution is 2.34. The van der Waals surface area contributed by atoms with E-state index in [1.165, 1.54) is 30.3 Å². The van der Waals surface area contributed by atoms with Crippen LogP contribution in [-0.4, -0.2) is 70.2 Å². The minimum Gasteiger partial charge on any atom is -0.490 e. The Morgan fingerprint density at radius 1 is 0.804 bits per heavy atom. The number of H-pyrrole nitrogens is 1. The first-order valence-corrected chi connectivity index (χ1v) is 17.2. The first kappa shape index (κ1) is 34.6. The molecule has 0 aliphatic heterocycles. The molecule has 0 saturated carbocycles. The number of rotatable bonds is 16. The highest BCUT2D eigenvalue weighted by Gasteiger charge is 2.19. The molecule has 51 heavy (non-hydrogen) atoms. The van der Waals surface area contributed by atoms with E-state index < -0.39 is 28.6 Å². The van der Waals surface area contributed by atoms with Crippen LogP contribution in [0.5, 0.6) is 11.5 Å². The Hall–Kier alpha value is -6.25. The average Bonchev–Trinajstić information content (AvgIpc) is 3.56. The molecule has 3 heterocycles. The Kier molecular flexibility index (Phi) is 10.5. The lowest BCUT2D eigenvalue weighted by molar-refractivity contribution is -0.139. The number of sulfonamides is 1. The maximum atomic E-state index is 13.5. The quantitative estimate of drug-likeness (QED) is 0.0972. The number of pyridine rings is 2. The van der Waals surface area contributed by atoms with Crippen molar-refractivity contribution in [1.29, 1.82) is 0 Å². The molecule has 0 radical (unpaired) electrons. The summed E-state index contributed by atoms with van der Waals surface area (Å²) < 4.78 is 41.1. The van der Waals surface area contributed by atoms with Gasteiger partial charge in [-0.05, 0) is 78.9 Å². The van der Waals surface area contributed by atoms with Crippen LogP contribution in [0.2, 0.25) is 0 Å². The van der Waals surface area contributed by atoms with Crippen LogP contribution in [0, 0.1) is 0 Å². The van der Waals surface area contributed by atoms with E-state index in [9.17, 15) is 23.1 Å². The van der Waals surface area contributed by atoms with E-state index in [-0.39, 0.29) is 34.3 Å². The van der Waals surface area contributed by atoms with Crippen molar-refractivity contribution in [3.05, 3.63) is 132 Å². The zero-order chi connectivity index (χ0) is 35.8. The van der Waals surface area contributed by atoms with Crippen molar-refractivity contribution < 1.29 is 37.7 Å². The van der Waals surface area contributed by atoms with Gasteiger partial charge in [-0.1, -0.05) is 24.3 Å². The number of aromatic carboxylic acids is 1. The van der Waals surface area contributed by atoms with Gasteiger partial charge in [0.25, 0.3) is 10.0 Å². The third kappa shape index (κ3) is 9.06. The van der Waals surface area contributed by atoms with Gasteiger partial charge in [0.15, 0.2) is 6.61 Å². The minimum absolute atomic E-state index is 0.0676. The number of carbonyl (C=O) groups is 2. The molecule has 0 fully saturated rings. The number of hydrogen-bond donors (Lipinski definition) is 4. The number of aliphatic carboxylic acids is 1. The van der Waals surface area contributed by atoms with Crippen LogP contribution in [0.4, 0.5) is 5.69 Å². The molecule has 4 N–H and O–H groups in total. The van der Waals surface area contributed by atoms with Crippen molar-refractivity contribution >= 4 is 38.6 Å². The summed E-state index contributed by atoms with van der Waals surface area (Å²) >= 11 is 0. The van der Waals surface area contributed by atoms with Gasteiger partial charge in [-0.25, -0.2) is 18.0 Å². The molecule has 0 amide bonds. The molecule has 0 aliphatic carbocycles. The molecule has 3 aromatic carbocycles. The van der Waals surface area contributed by atoms with Gasteiger partial charge >= 0.3 is 11.9 Å². The third-order valence-corrected chi connectivity index (χ3v) is 9.17. The van der Waals surface area contributed by atoms with E-state index in [0.29, 0.717) is 36.4 Å². The van der Waals surface area contributed by atoms with E-state index in [0.717, 1.165) is 16.8 Å². The van der Waals surface area contributed by atoms with Crippen molar-refractivity contribution in [3.8, 4) is 22.8 Å². The number of aromatic nitrogens is 3.